The van der Waals surface area contributed by atoms with Gasteiger partial charge in [-0.25, -0.2) is 4.99 Å². The van der Waals surface area contributed by atoms with Crippen molar-refractivity contribution in [3.8, 4) is 0 Å². The van der Waals surface area contributed by atoms with Crippen LogP contribution in [-0.2, 0) is 11.3 Å². The summed E-state index contributed by atoms with van der Waals surface area (Å²) in [6.07, 6.45) is 0.494. The molecule has 0 radical (unpaired) electrons. The molecule has 0 saturated carbocycles. The maximum absolute atomic E-state index is 11.9. The minimum atomic E-state index is 0. The topological polar surface area (TPSA) is 65.5 Å². The molecule has 5 nitrogen and oxygen atoms in total. The summed E-state index contributed by atoms with van der Waals surface area (Å²) in [5.74, 6) is 1.01. The van der Waals surface area contributed by atoms with E-state index < -0.39 is 0 Å². The fraction of sp³-hybridized carbons (Fsp3) is 0.368. The number of guanidine groups is 1. The lowest BCUT2D eigenvalue weighted by Gasteiger charge is -2.26. The smallest absolute Gasteiger partial charge is 0.225 e. The SMILES string of the molecule is CCNC(=NCc1ccc(C)s1)NCC1CC(=O)Nc2ccccc21.I. The largest absolute Gasteiger partial charge is 0.357 e. The van der Waals surface area contributed by atoms with Crippen LogP contribution < -0.4 is 16.0 Å². The molecule has 0 saturated heterocycles. The van der Waals surface area contributed by atoms with Gasteiger partial charge in [0.05, 0.1) is 6.54 Å². The number of carbonyl (C=O) groups is 1. The molecule has 26 heavy (non-hydrogen) atoms. The molecule has 1 aromatic carbocycles. The van der Waals surface area contributed by atoms with Crippen LogP contribution in [-0.4, -0.2) is 25.0 Å². The predicted molar refractivity (Wildman–Crippen MR) is 120 cm³/mol. The zero-order valence-electron chi connectivity index (χ0n) is 15.0. The van der Waals surface area contributed by atoms with Crippen molar-refractivity contribution >= 4 is 52.9 Å². The molecule has 0 aliphatic carbocycles. The van der Waals surface area contributed by atoms with Gasteiger partial charge in [0, 0.05) is 40.9 Å². The molecular weight excluding hydrogens is 459 g/mol. The highest BCUT2D eigenvalue weighted by atomic mass is 127. The number of hydrogen-bond acceptors (Lipinski definition) is 3. The molecule has 0 fully saturated rings. The number of nitrogens with zero attached hydrogens (tertiary/aromatic N) is 1. The molecule has 1 aromatic heterocycles. The van der Waals surface area contributed by atoms with Crippen LogP contribution in [0.2, 0.25) is 0 Å². The number of amides is 1. The summed E-state index contributed by atoms with van der Waals surface area (Å²) in [6.45, 7) is 6.30. The average Bonchev–Trinajstić information content (AvgIpc) is 3.02. The molecule has 1 amide bonds. The second-order valence-electron chi connectivity index (χ2n) is 6.12. The molecule has 3 rings (SSSR count). The number of fused-ring (bicyclic) bond motifs is 1. The van der Waals surface area contributed by atoms with Gasteiger partial charge in [0.2, 0.25) is 5.91 Å². The standard InChI is InChI=1S/C19H24N4OS.HI/c1-3-20-19(22-12-15-9-8-13(2)25-15)21-11-14-10-18(24)23-17-7-5-4-6-16(14)17;/h4-9,14H,3,10-12H2,1-2H3,(H,23,24)(H2,20,21,22);1H. The molecule has 140 valence electrons. The van der Waals surface area contributed by atoms with E-state index in [2.05, 4.69) is 53.0 Å². The second kappa shape index (κ2) is 9.91. The van der Waals surface area contributed by atoms with Gasteiger partial charge in [0.1, 0.15) is 0 Å². The van der Waals surface area contributed by atoms with E-state index in [1.54, 1.807) is 11.3 Å². The van der Waals surface area contributed by atoms with Crippen LogP contribution in [0.4, 0.5) is 5.69 Å². The van der Waals surface area contributed by atoms with Crippen LogP contribution in [0.5, 0.6) is 0 Å². The van der Waals surface area contributed by atoms with Gasteiger partial charge in [-0.2, -0.15) is 0 Å². The summed E-state index contributed by atoms with van der Waals surface area (Å²) in [5.41, 5.74) is 2.10. The van der Waals surface area contributed by atoms with Gasteiger partial charge in [-0.1, -0.05) is 18.2 Å². The van der Waals surface area contributed by atoms with E-state index in [9.17, 15) is 4.79 Å². The third-order valence-electron chi connectivity index (χ3n) is 4.16. The molecule has 1 unspecified atom stereocenters. The highest BCUT2D eigenvalue weighted by molar-refractivity contribution is 14.0. The van der Waals surface area contributed by atoms with Gasteiger partial charge < -0.3 is 16.0 Å². The minimum absolute atomic E-state index is 0. The highest BCUT2D eigenvalue weighted by Gasteiger charge is 2.24. The third kappa shape index (κ3) is 5.44. The third-order valence-corrected chi connectivity index (χ3v) is 5.14. The first-order valence-electron chi connectivity index (χ1n) is 8.62. The summed E-state index contributed by atoms with van der Waals surface area (Å²) in [5, 5.41) is 9.61. The molecule has 0 bridgehead atoms. The normalized spacial score (nSPS) is 16.3. The predicted octanol–water partition coefficient (Wildman–Crippen LogP) is 3.86. The number of aliphatic imine (C=N–C) groups is 1. The Morgan fingerprint density at radius 1 is 1.27 bits per heavy atom. The van der Waals surface area contributed by atoms with Gasteiger partial charge in [0.25, 0.3) is 0 Å². The molecule has 1 aliphatic rings. The fourth-order valence-electron chi connectivity index (χ4n) is 2.97. The van der Waals surface area contributed by atoms with Gasteiger partial charge in [-0.05, 0) is 37.6 Å². The molecule has 1 atom stereocenters. The second-order valence-corrected chi connectivity index (χ2v) is 7.50. The van der Waals surface area contributed by atoms with Crippen molar-refractivity contribution < 1.29 is 4.79 Å². The number of rotatable bonds is 5. The van der Waals surface area contributed by atoms with E-state index in [1.165, 1.54) is 15.3 Å². The molecule has 2 heterocycles. The summed E-state index contributed by atoms with van der Waals surface area (Å²) in [6, 6.07) is 12.2. The molecule has 1 aliphatic heterocycles. The van der Waals surface area contributed by atoms with Crippen molar-refractivity contribution in [2.45, 2.75) is 32.7 Å². The van der Waals surface area contributed by atoms with Crippen LogP contribution in [0.25, 0.3) is 0 Å². The first kappa shape index (κ1) is 20.7. The molecule has 0 spiro atoms. The first-order valence-corrected chi connectivity index (χ1v) is 9.43. The van der Waals surface area contributed by atoms with E-state index in [-0.39, 0.29) is 35.8 Å². The van der Waals surface area contributed by atoms with Crippen LogP contribution >= 0.6 is 35.3 Å². The van der Waals surface area contributed by atoms with Crippen LogP contribution in [0.1, 0.15) is 34.6 Å². The molecule has 7 heteroatoms. The molecule has 3 N–H and O–H groups in total. The Kier molecular flexibility index (Phi) is 7.89. The van der Waals surface area contributed by atoms with Crippen LogP contribution in [0, 0.1) is 6.92 Å². The number of hydrogen-bond donors (Lipinski definition) is 3. The number of para-hydroxylation sites is 1. The van der Waals surface area contributed by atoms with E-state index in [4.69, 9.17) is 0 Å². The summed E-state index contributed by atoms with van der Waals surface area (Å²) in [4.78, 5) is 19.1. The van der Waals surface area contributed by atoms with Crippen molar-refractivity contribution in [1.29, 1.82) is 0 Å². The highest BCUT2D eigenvalue weighted by Crippen LogP contribution is 2.31. The van der Waals surface area contributed by atoms with E-state index in [1.807, 2.05) is 18.2 Å². The quantitative estimate of drug-likeness (QED) is 0.343. The van der Waals surface area contributed by atoms with E-state index >= 15 is 0 Å². The van der Waals surface area contributed by atoms with Crippen LogP contribution in [0.15, 0.2) is 41.4 Å². The number of carbonyl (C=O) groups excluding carboxylic acids is 1. The zero-order valence-corrected chi connectivity index (χ0v) is 18.2. The number of aryl methyl sites for hydroxylation is 1. The first-order chi connectivity index (χ1) is 12.2. The van der Waals surface area contributed by atoms with Crippen molar-refractivity contribution in [1.82, 2.24) is 10.6 Å². The molecule has 2 aromatic rings. The Bertz CT molecular complexity index is 774. The van der Waals surface area contributed by atoms with E-state index in [0.717, 1.165) is 18.2 Å². The lowest BCUT2D eigenvalue weighted by molar-refractivity contribution is -0.116. The van der Waals surface area contributed by atoms with Gasteiger partial charge in [-0.3, -0.25) is 4.79 Å². The van der Waals surface area contributed by atoms with Crippen molar-refractivity contribution in [2.24, 2.45) is 4.99 Å². The zero-order chi connectivity index (χ0) is 17.6. The van der Waals surface area contributed by atoms with Crippen molar-refractivity contribution in [3.63, 3.8) is 0 Å². The number of thiophene rings is 1. The Morgan fingerprint density at radius 3 is 2.81 bits per heavy atom. The number of halogens is 1. The number of nitrogens with one attached hydrogen (secondary N) is 3. The maximum Gasteiger partial charge on any atom is 0.225 e. The number of anilines is 1. The summed E-state index contributed by atoms with van der Waals surface area (Å²) < 4.78 is 0. The molecular formula is C19H25IN4OS. The Morgan fingerprint density at radius 2 is 2.08 bits per heavy atom. The summed E-state index contributed by atoms with van der Waals surface area (Å²) >= 11 is 1.77. The Balaban J connectivity index is 0.00000243. The van der Waals surface area contributed by atoms with E-state index in [0.29, 0.717) is 19.5 Å². The Labute approximate surface area is 175 Å². The van der Waals surface area contributed by atoms with Crippen molar-refractivity contribution in [3.05, 3.63) is 51.7 Å². The van der Waals surface area contributed by atoms with Gasteiger partial charge in [0.15, 0.2) is 5.96 Å². The monoisotopic (exact) mass is 484 g/mol. The number of benzene rings is 1. The summed E-state index contributed by atoms with van der Waals surface area (Å²) in [7, 11) is 0. The van der Waals surface area contributed by atoms with Crippen molar-refractivity contribution in [2.75, 3.05) is 18.4 Å². The lowest BCUT2D eigenvalue weighted by Crippen LogP contribution is -2.40. The average molecular weight is 484 g/mol. The van der Waals surface area contributed by atoms with Gasteiger partial charge >= 0.3 is 0 Å². The Hall–Kier alpha value is -1.61. The fourth-order valence-corrected chi connectivity index (χ4v) is 3.79. The lowest BCUT2D eigenvalue weighted by atomic mass is 9.90. The minimum Gasteiger partial charge on any atom is -0.357 e. The van der Waals surface area contributed by atoms with Gasteiger partial charge in [-0.15, -0.1) is 35.3 Å². The van der Waals surface area contributed by atoms with Crippen LogP contribution in [0.3, 0.4) is 0 Å². The maximum atomic E-state index is 11.9.